The number of aliphatic hydroxyl groups excluding tert-OH is 1. The highest BCUT2D eigenvalue weighted by atomic mass is 32.1. The SMILES string of the molecule is CCCCCCC(C)NC(=O)c1sccc1C#CCCO. The van der Waals surface area contributed by atoms with E-state index in [2.05, 4.69) is 31.0 Å². The highest BCUT2D eigenvalue weighted by Gasteiger charge is 2.14. The summed E-state index contributed by atoms with van der Waals surface area (Å²) in [6, 6.07) is 2.05. The smallest absolute Gasteiger partial charge is 0.262 e. The molecule has 0 bridgehead atoms. The molecule has 1 unspecified atom stereocenters. The van der Waals surface area contributed by atoms with Crippen molar-refractivity contribution < 1.29 is 9.90 Å². The summed E-state index contributed by atoms with van der Waals surface area (Å²) in [6.07, 6.45) is 6.33. The molecule has 1 atom stereocenters. The molecule has 0 aromatic carbocycles. The molecule has 21 heavy (non-hydrogen) atoms. The second-order valence-corrected chi connectivity index (χ2v) is 6.08. The van der Waals surface area contributed by atoms with Crippen molar-refractivity contribution in [1.82, 2.24) is 5.32 Å². The van der Waals surface area contributed by atoms with E-state index >= 15 is 0 Å². The van der Waals surface area contributed by atoms with Gasteiger partial charge in [0.1, 0.15) is 4.88 Å². The molecule has 0 saturated heterocycles. The number of hydrogen-bond donors (Lipinski definition) is 2. The Morgan fingerprint density at radius 1 is 1.43 bits per heavy atom. The molecule has 0 aliphatic rings. The summed E-state index contributed by atoms with van der Waals surface area (Å²) in [7, 11) is 0. The molecule has 1 amide bonds. The van der Waals surface area contributed by atoms with E-state index in [0.29, 0.717) is 11.3 Å². The zero-order chi connectivity index (χ0) is 15.5. The molecule has 0 radical (unpaired) electrons. The Morgan fingerprint density at radius 2 is 2.24 bits per heavy atom. The molecule has 1 aromatic heterocycles. The number of unbranched alkanes of at least 4 members (excludes halogenated alkanes) is 3. The fraction of sp³-hybridized carbons (Fsp3) is 0.588. The Hall–Kier alpha value is -1.31. The molecule has 116 valence electrons. The van der Waals surface area contributed by atoms with Crippen LogP contribution in [0.4, 0.5) is 0 Å². The van der Waals surface area contributed by atoms with Gasteiger partial charge in [0.15, 0.2) is 0 Å². The number of thiophene rings is 1. The number of nitrogens with one attached hydrogen (secondary N) is 1. The Bertz CT molecular complexity index is 484. The first-order valence-electron chi connectivity index (χ1n) is 7.67. The van der Waals surface area contributed by atoms with Crippen LogP contribution in [0.2, 0.25) is 0 Å². The number of hydrogen-bond acceptors (Lipinski definition) is 3. The van der Waals surface area contributed by atoms with Crippen LogP contribution in [-0.4, -0.2) is 23.7 Å². The van der Waals surface area contributed by atoms with Crippen LogP contribution in [0.15, 0.2) is 11.4 Å². The van der Waals surface area contributed by atoms with Gasteiger partial charge in [0.2, 0.25) is 0 Å². The van der Waals surface area contributed by atoms with Gasteiger partial charge in [0, 0.05) is 18.0 Å². The molecule has 0 fully saturated rings. The molecule has 0 aliphatic heterocycles. The topological polar surface area (TPSA) is 49.3 Å². The first-order chi connectivity index (χ1) is 10.2. The fourth-order valence-corrected chi connectivity index (χ4v) is 2.79. The maximum absolute atomic E-state index is 12.2. The lowest BCUT2D eigenvalue weighted by atomic mass is 10.1. The molecular formula is C17H25NO2S. The first kappa shape index (κ1) is 17.7. The number of carbonyl (C=O) groups is 1. The average Bonchev–Trinajstić information content (AvgIpc) is 2.92. The highest BCUT2D eigenvalue weighted by molar-refractivity contribution is 7.12. The molecule has 4 heteroatoms. The summed E-state index contributed by atoms with van der Waals surface area (Å²) in [5, 5.41) is 13.7. The van der Waals surface area contributed by atoms with Gasteiger partial charge in [-0.2, -0.15) is 0 Å². The largest absolute Gasteiger partial charge is 0.395 e. The Labute approximate surface area is 131 Å². The van der Waals surface area contributed by atoms with Crippen LogP contribution in [0.5, 0.6) is 0 Å². The van der Waals surface area contributed by atoms with Crippen molar-refractivity contribution in [3.8, 4) is 11.8 Å². The van der Waals surface area contributed by atoms with Crippen molar-refractivity contribution in [3.63, 3.8) is 0 Å². The molecule has 0 spiro atoms. The predicted molar refractivity (Wildman–Crippen MR) is 88.6 cm³/mol. The third-order valence-electron chi connectivity index (χ3n) is 3.20. The van der Waals surface area contributed by atoms with E-state index in [1.54, 1.807) is 0 Å². The van der Waals surface area contributed by atoms with Crippen LogP contribution in [0.25, 0.3) is 0 Å². The minimum absolute atomic E-state index is 0.0405. The molecule has 1 rings (SSSR count). The second kappa shape index (κ2) is 10.4. The quantitative estimate of drug-likeness (QED) is 0.570. The zero-order valence-electron chi connectivity index (χ0n) is 12.9. The number of rotatable bonds is 8. The molecule has 1 aromatic rings. The van der Waals surface area contributed by atoms with Crippen LogP contribution in [0.3, 0.4) is 0 Å². The van der Waals surface area contributed by atoms with Gasteiger partial charge in [-0.15, -0.1) is 11.3 Å². The van der Waals surface area contributed by atoms with Crippen molar-refractivity contribution in [3.05, 3.63) is 21.9 Å². The van der Waals surface area contributed by atoms with Crippen LogP contribution in [-0.2, 0) is 0 Å². The molecule has 0 saturated carbocycles. The van der Waals surface area contributed by atoms with E-state index in [1.807, 2.05) is 11.4 Å². The zero-order valence-corrected chi connectivity index (χ0v) is 13.8. The van der Waals surface area contributed by atoms with Gasteiger partial charge in [-0.1, -0.05) is 44.4 Å². The Morgan fingerprint density at radius 3 is 2.95 bits per heavy atom. The molecule has 3 nitrogen and oxygen atoms in total. The molecule has 1 heterocycles. The van der Waals surface area contributed by atoms with Gasteiger partial charge in [0.05, 0.1) is 6.61 Å². The van der Waals surface area contributed by atoms with E-state index in [0.717, 1.165) is 18.4 Å². The van der Waals surface area contributed by atoms with Gasteiger partial charge in [0.25, 0.3) is 5.91 Å². The van der Waals surface area contributed by atoms with Crippen molar-refractivity contribution in [1.29, 1.82) is 0 Å². The minimum Gasteiger partial charge on any atom is -0.395 e. The number of aliphatic hydroxyl groups is 1. The normalized spacial score (nSPS) is 11.6. The molecule has 0 aliphatic carbocycles. The summed E-state index contributed by atoms with van der Waals surface area (Å²) in [6.45, 7) is 4.30. The van der Waals surface area contributed by atoms with Gasteiger partial charge in [-0.3, -0.25) is 4.79 Å². The van der Waals surface area contributed by atoms with E-state index in [9.17, 15) is 4.79 Å². The monoisotopic (exact) mass is 307 g/mol. The maximum Gasteiger partial charge on any atom is 0.262 e. The third kappa shape index (κ3) is 6.79. The molecular weight excluding hydrogens is 282 g/mol. The Balaban J connectivity index is 2.48. The van der Waals surface area contributed by atoms with E-state index in [-0.39, 0.29) is 18.6 Å². The van der Waals surface area contributed by atoms with Gasteiger partial charge in [-0.25, -0.2) is 0 Å². The third-order valence-corrected chi connectivity index (χ3v) is 4.11. The highest BCUT2D eigenvalue weighted by Crippen LogP contribution is 2.16. The van der Waals surface area contributed by atoms with Crippen molar-refractivity contribution in [2.75, 3.05) is 6.61 Å². The standard InChI is InChI=1S/C17H25NO2S/c1-3-4-5-6-9-14(2)18-17(20)16-15(11-13-21-16)10-7-8-12-19/h11,13-14,19H,3-6,8-9,12H2,1-2H3,(H,18,20). The van der Waals surface area contributed by atoms with Gasteiger partial charge in [-0.05, 0) is 24.8 Å². The number of carbonyl (C=O) groups excluding carboxylic acids is 1. The average molecular weight is 307 g/mol. The summed E-state index contributed by atoms with van der Waals surface area (Å²) in [4.78, 5) is 12.9. The van der Waals surface area contributed by atoms with Crippen LogP contribution in [0, 0.1) is 11.8 Å². The number of amides is 1. The lowest BCUT2D eigenvalue weighted by Gasteiger charge is -2.13. The maximum atomic E-state index is 12.2. The second-order valence-electron chi connectivity index (χ2n) is 5.16. The summed E-state index contributed by atoms with van der Waals surface area (Å²) in [5.41, 5.74) is 0.754. The van der Waals surface area contributed by atoms with Crippen LogP contribution >= 0.6 is 11.3 Å². The predicted octanol–water partition coefficient (Wildman–Crippen LogP) is 3.57. The van der Waals surface area contributed by atoms with E-state index in [1.165, 1.54) is 30.6 Å². The first-order valence-corrected chi connectivity index (χ1v) is 8.55. The van der Waals surface area contributed by atoms with Crippen LogP contribution < -0.4 is 5.32 Å². The summed E-state index contributed by atoms with van der Waals surface area (Å²) < 4.78 is 0. The van der Waals surface area contributed by atoms with Crippen molar-refractivity contribution in [2.45, 2.75) is 58.4 Å². The van der Waals surface area contributed by atoms with E-state index in [4.69, 9.17) is 5.11 Å². The minimum atomic E-state index is -0.0405. The van der Waals surface area contributed by atoms with Crippen molar-refractivity contribution >= 4 is 17.2 Å². The summed E-state index contributed by atoms with van der Waals surface area (Å²) >= 11 is 1.41. The van der Waals surface area contributed by atoms with Crippen LogP contribution in [0.1, 0.15) is 67.6 Å². The Kier molecular flexibility index (Phi) is 8.80. The summed E-state index contributed by atoms with van der Waals surface area (Å²) in [5.74, 6) is 5.77. The molecule has 2 N–H and O–H groups in total. The fourth-order valence-electron chi connectivity index (χ4n) is 2.04. The van der Waals surface area contributed by atoms with Gasteiger partial charge < -0.3 is 10.4 Å². The van der Waals surface area contributed by atoms with Crippen molar-refractivity contribution in [2.24, 2.45) is 0 Å². The van der Waals surface area contributed by atoms with Gasteiger partial charge >= 0.3 is 0 Å². The lowest BCUT2D eigenvalue weighted by Crippen LogP contribution is -2.32. The lowest BCUT2D eigenvalue weighted by molar-refractivity contribution is 0.0942. The van der Waals surface area contributed by atoms with E-state index < -0.39 is 0 Å².